The highest BCUT2D eigenvalue weighted by Gasteiger charge is 2.47. The predicted octanol–water partition coefficient (Wildman–Crippen LogP) is 4.08. The molecule has 2 aromatic rings. The zero-order valence-corrected chi connectivity index (χ0v) is 16.6. The van der Waals surface area contributed by atoms with Gasteiger partial charge in [0.2, 0.25) is 0 Å². The summed E-state index contributed by atoms with van der Waals surface area (Å²) < 4.78 is 17.0. The van der Waals surface area contributed by atoms with Crippen molar-refractivity contribution in [3.8, 4) is 0 Å². The van der Waals surface area contributed by atoms with Gasteiger partial charge in [-0.05, 0) is 24.3 Å². The standard InChI is InChI=1S/C23H23NO5/c1-27-21-17(12-13-18(25)16-9-5-4-6-10-16)19(26)15-23(29-3,22(21)28-2)20-11-7-8-14-24-20/h4-14,26H,15H2,1-3H3/b13-12+. The zero-order valence-electron chi connectivity index (χ0n) is 16.6. The van der Waals surface area contributed by atoms with Gasteiger partial charge in [0.1, 0.15) is 5.76 Å². The van der Waals surface area contributed by atoms with Gasteiger partial charge in [-0.3, -0.25) is 9.78 Å². The molecule has 0 aliphatic heterocycles. The Morgan fingerprint density at radius 3 is 2.38 bits per heavy atom. The number of ketones is 1. The molecule has 0 amide bonds. The summed E-state index contributed by atoms with van der Waals surface area (Å²) in [6.07, 6.45) is 4.65. The Bertz CT molecular complexity index is 963. The SMILES string of the molecule is COC1=C(OC)C(OC)(c2ccccn2)CC(O)=C1/C=C/C(=O)c1ccccc1. The molecule has 1 N–H and O–H groups in total. The van der Waals surface area contributed by atoms with Gasteiger partial charge in [0.25, 0.3) is 0 Å². The van der Waals surface area contributed by atoms with E-state index in [4.69, 9.17) is 14.2 Å². The van der Waals surface area contributed by atoms with Crippen LogP contribution in [0, 0.1) is 0 Å². The fraction of sp³-hybridized carbons (Fsp3) is 0.217. The number of allylic oxidation sites excluding steroid dienone is 2. The van der Waals surface area contributed by atoms with Gasteiger partial charge >= 0.3 is 0 Å². The Kier molecular flexibility index (Phi) is 6.14. The molecule has 1 aliphatic rings. The maximum atomic E-state index is 12.4. The van der Waals surface area contributed by atoms with Crippen molar-refractivity contribution in [1.29, 1.82) is 0 Å². The number of hydrogen-bond donors (Lipinski definition) is 1. The van der Waals surface area contributed by atoms with Crippen molar-refractivity contribution in [2.24, 2.45) is 0 Å². The second-order valence-electron chi connectivity index (χ2n) is 6.41. The van der Waals surface area contributed by atoms with Gasteiger partial charge in [0.15, 0.2) is 22.9 Å². The number of carbonyl (C=O) groups excluding carboxylic acids is 1. The lowest BCUT2D eigenvalue weighted by Gasteiger charge is -2.37. The first-order valence-electron chi connectivity index (χ1n) is 9.06. The second-order valence-corrected chi connectivity index (χ2v) is 6.41. The Labute approximate surface area is 169 Å². The third-order valence-corrected chi connectivity index (χ3v) is 4.84. The van der Waals surface area contributed by atoms with Crippen LogP contribution < -0.4 is 0 Å². The second kappa shape index (κ2) is 8.75. The van der Waals surface area contributed by atoms with Crippen molar-refractivity contribution in [2.45, 2.75) is 12.0 Å². The molecular weight excluding hydrogens is 370 g/mol. The number of nitrogens with zero attached hydrogens (tertiary/aromatic N) is 1. The fourth-order valence-corrected chi connectivity index (χ4v) is 3.42. The van der Waals surface area contributed by atoms with Crippen molar-refractivity contribution in [2.75, 3.05) is 21.3 Å². The molecule has 1 aromatic heterocycles. The average molecular weight is 393 g/mol. The topological polar surface area (TPSA) is 77.9 Å². The highest BCUT2D eigenvalue weighted by atomic mass is 16.5. The van der Waals surface area contributed by atoms with Crippen LogP contribution in [0.5, 0.6) is 0 Å². The van der Waals surface area contributed by atoms with E-state index in [1.807, 2.05) is 12.1 Å². The number of aromatic nitrogens is 1. The molecule has 1 unspecified atom stereocenters. The molecule has 0 radical (unpaired) electrons. The Morgan fingerprint density at radius 2 is 1.79 bits per heavy atom. The van der Waals surface area contributed by atoms with Crippen LogP contribution in [0.2, 0.25) is 0 Å². The third-order valence-electron chi connectivity index (χ3n) is 4.84. The molecule has 1 atom stereocenters. The lowest BCUT2D eigenvalue weighted by atomic mass is 9.83. The van der Waals surface area contributed by atoms with Crippen LogP contribution in [0.1, 0.15) is 22.5 Å². The number of aliphatic hydroxyl groups excluding tert-OH is 1. The number of carbonyl (C=O) groups is 1. The lowest BCUT2D eigenvalue weighted by Crippen LogP contribution is -2.37. The monoisotopic (exact) mass is 393 g/mol. The molecule has 3 rings (SSSR count). The maximum Gasteiger partial charge on any atom is 0.185 e. The van der Waals surface area contributed by atoms with Gasteiger partial charge in [0.05, 0.1) is 25.5 Å². The number of ether oxygens (including phenoxy) is 3. The zero-order chi connectivity index (χ0) is 20.9. The van der Waals surface area contributed by atoms with Crippen molar-refractivity contribution >= 4 is 5.78 Å². The first-order valence-corrected chi connectivity index (χ1v) is 9.06. The van der Waals surface area contributed by atoms with E-state index in [9.17, 15) is 9.90 Å². The molecule has 6 heteroatoms. The van der Waals surface area contributed by atoms with Crippen LogP contribution in [-0.4, -0.2) is 37.2 Å². The molecule has 1 aromatic carbocycles. The van der Waals surface area contributed by atoms with E-state index in [1.54, 1.807) is 42.6 Å². The molecule has 0 saturated carbocycles. The van der Waals surface area contributed by atoms with Crippen LogP contribution >= 0.6 is 0 Å². The largest absolute Gasteiger partial charge is 0.511 e. The molecule has 29 heavy (non-hydrogen) atoms. The van der Waals surface area contributed by atoms with E-state index >= 15 is 0 Å². The summed E-state index contributed by atoms with van der Waals surface area (Å²) in [5.41, 5.74) is 0.335. The van der Waals surface area contributed by atoms with Gasteiger partial charge in [-0.1, -0.05) is 36.4 Å². The molecular formula is C23H23NO5. The van der Waals surface area contributed by atoms with Gasteiger partial charge in [-0.25, -0.2) is 0 Å². The highest BCUT2D eigenvalue weighted by Crippen LogP contribution is 2.45. The van der Waals surface area contributed by atoms with E-state index in [1.165, 1.54) is 33.5 Å². The minimum Gasteiger partial charge on any atom is -0.511 e. The Morgan fingerprint density at radius 1 is 1.07 bits per heavy atom. The third kappa shape index (κ3) is 3.79. The van der Waals surface area contributed by atoms with Crippen LogP contribution in [0.4, 0.5) is 0 Å². The number of benzene rings is 1. The van der Waals surface area contributed by atoms with Crippen LogP contribution in [0.15, 0.2) is 89.7 Å². The number of hydrogen-bond acceptors (Lipinski definition) is 6. The van der Waals surface area contributed by atoms with Gasteiger partial charge in [0, 0.05) is 25.3 Å². The smallest absolute Gasteiger partial charge is 0.185 e. The molecule has 150 valence electrons. The summed E-state index contributed by atoms with van der Waals surface area (Å²) in [7, 11) is 4.50. The quantitative estimate of drug-likeness (QED) is 0.564. The van der Waals surface area contributed by atoms with Crippen molar-refractivity contribution in [1.82, 2.24) is 4.98 Å². The summed E-state index contributed by atoms with van der Waals surface area (Å²) in [6, 6.07) is 14.3. The van der Waals surface area contributed by atoms with E-state index < -0.39 is 5.60 Å². The van der Waals surface area contributed by atoms with Gasteiger partial charge in [-0.15, -0.1) is 0 Å². The van der Waals surface area contributed by atoms with Crippen LogP contribution in [-0.2, 0) is 19.8 Å². The van der Waals surface area contributed by atoms with E-state index in [-0.39, 0.29) is 23.7 Å². The number of rotatable bonds is 7. The first kappa shape index (κ1) is 20.4. The number of methoxy groups -OCH3 is 3. The minimum absolute atomic E-state index is 0.00673. The van der Waals surface area contributed by atoms with Crippen LogP contribution in [0.25, 0.3) is 0 Å². The van der Waals surface area contributed by atoms with E-state index in [0.29, 0.717) is 22.6 Å². The summed E-state index contributed by atoms with van der Waals surface area (Å²) in [5, 5.41) is 10.8. The number of aliphatic hydroxyl groups is 1. The minimum atomic E-state index is -1.15. The molecule has 1 heterocycles. The normalized spacial score (nSPS) is 19.6. The van der Waals surface area contributed by atoms with Crippen LogP contribution in [0.3, 0.4) is 0 Å². The maximum absolute atomic E-state index is 12.4. The lowest BCUT2D eigenvalue weighted by molar-refractivity contribution is -0.0432. The average Bonchev–Trinajstić information content (AvgIpc) is 2.78. The molecule has 6 nitrogen and oxygen atoms in total. The molecule has 1 aliphatic carbocycles. The molecule has 0 saturated heterocycles. The molecule has 0 spiro atoms. The van der Waals surface area contributed by atoms with Crippen molar-refractivity contribution in [3.05, 3.63) is 101 Å². The summed E-state index contributed by atoms with van der Waals surface area (Å²) in [6.45, 7) is 0. The first-order chi connectivity index (χ1) is 14.1. The number of pyridine rings is 1. The summed E-state index contributed by atoms with van der Waals surface area (Å²) in [4.78, 5) is 16.8. The Balaban J connectivity index is 2.05. The van der Waals surface area contributed by atoms with E-state index in [2.05, 4.69) is 4.98 Å². The molecule has 0 fully saturated rings. The van der Waals surface area contributed by atoms with E-state index in [0.717, 1.165) is 0 Å². The predicted molar refractivity (Wildman–Crippen MR) is 108 cm³/mol. The summed E-state index contributed by atoms with van der Waals surface area (Å²) >= 11 is 0. The summed E-state index contributed by atoms with van der Waals surface area (Å²) in [5.74, 6) is 0.465. The van der Waals surface area contributed by atoms with Gasteiger partial charge < -0.3 is 19.3 Å². The van der Waals surface area contributed by atoms with Crippen molar-refractivity contribution in [3.63, 3.8) is 0 Å². The van der Waals surface area contributed by atoms with Gasteiger partial charge in [-0.2, -0.15) is 0 Å². The molecule has 0 bridgehead atoms. The Hall–Kier alpha value is -3.38. The highest BCUT2D eigenvalue weighted by molar-refractivity contribution is 6.04. The van der Waals surface area contributed by atoms with Crippen molar-refractivity contribution < 1.29 is 24.1 Å². The fourth-order valence-electron chi connectivity index (χ4n) is 3.42.